The van der Waals surface area contributed by atoms with Gasteiger partial charge in [-0.15, -0.1) is 0 Å². The van der Waals surface area contributed by atoms with Gasteiger partial charge in [-0.25, -0.2) is 0 Å². The third-order valence-electron chi connectivity index (χ3n) is 5.35. The van der Waals surface area contributed by atoms with Crippen LogP contribution in [0, 0.1) is 23.7 Å². The van der Waals surface area contributed by atoms with Gasteiger partial charge in [0.25, 0.3) is 0 Å². The van der Waals surface area contributed by atoms with Crippen molar-refractivity contribution in [1.82, 2.24) is 4.90 Å². The average Bonchev–Trinajstić information content (AvgIpc) is 2.67. The van der Waals surface area contributed by atoms with Crippen molar-refractivity contribution in [3.05, 3.63) is 0 Å². The lowest BCUT2D eigenvalue weighted by molar-refractivity contribution is -0.140. The van der Waals surface area contributed by atoms with Crippen LogP contribution in [0.15, 0.2) is 0 Å². The molecule has 0 aromatic rings. The van der Waals surface area contributed by atoms with E-state index in [0.717, 1.165) is 23.7 Å². The highest BCUT2D eigenvalue weighted by molar-refractivity contribution is 6.00. The first kappa shape index (κ1) is 9.20. The molecule has 4 atom stereocenters. The number of ketones is 1. The first-order valence-corrected chi connectivity index (χ1v) is 6.57. The summed E-state index contributed by atoms with van der Waals surface area (Å²) in [5, 5.41) is 0. The third kappa shape index (κ3) is 1.04. The number of nitrogens with zero attached hydrogens (tertiary/aromatic N) is 1. The summed E-state index contributed by atoms with van der Waals surface area (Å²) in [4.78, 5) is 25.1. The Labute approximate surface area is 95.2 Å². The summed E-state index contributed by atoms with van der Waals surface area (Å²) in [6.45, 7) is 0.703. The van der Waals surface area contributed by atoms with Crippen LogP contribution in [-0.4, -0.2) is 29.2 Å². The van der Waals surface area contributed by atoms with Gasteiger partial charge < -0.3 is 4.90 Å². The van der Waals surface area contributed by atoms with E-state index < -0.39 is 0 Å². The molecule has 3 nitrogen and oxygen atoms in total. The lowest BCUT2D eigenvalue weighted by Crippen LogP contribution is -2.42. The maximum absolute atomic E-state index is 11.9. The van der Waals surface area contributed by atoms with Gasteiger partial charge in [0, 0.05) is 19.0 Å². The van der Waals surface area contributed by atoms with Crippen molar-refractivity contribution in [3.63, 3.8) is 0 Å². The van der Waals surface area contributed by atoms with E-state index in [1.807, 2.05) is 4.90 Å². The van der Waals surface area contributed by atoms with Crippen LogP contribution in [0.2, 0.25) is 0 Å². The molecule has 1 aliphatic heterocycles. The van der Waals surface area contributed by atoms with Crippen LogP contribution in [0.4, 0.5) is 0 Å². The minimum absolute atomic E-state index is 0.107. The van der Waals surface area contributed by atoms with Gasteiger partial charge in [-0.1, -0.05) is 0 Å². The topological polar surface area (TPSA) is 37.4 Å². The van der Waals surface area contributed by atoms with Crippen LogP contribution in [-0.2, 0) is 9.59 Å². The lowest BCUT2D eigenvalue weighted by atomic mass is 10.0. The number of carbonyl (C=O) groups excluding carboxylic acids is 2. The minimum Gasteiger partial charge on any atom is -0.338 e. The molecule has 86 valence electrons. The van der Waals surface area contributed by atoms with Crippen molar-refractivity contribution in [1.29, 1.82) is 0 Å². The Kier molecular flexibility index (Phi) is 1.65. The number of carbonyl (C=O) groups is 2. The molecular weight excluding hydrogens is 202 g/mol. The van der Waals surface area contributed by atoms with E-state index in [9.17, 15) is 9.59 Å². The molecule has 4 unspecified atom stereocenters. The van der Waals surface area contributed by atoms with Crippen LogP contribution in [0.1, 0.15) is 32.1 Å². The normalized spacial score (nSPS) is 49.8. The fraction of sp³-hybridized carbons (Fsp3) is 0.846. The molecule has 2 bridgehead atoms. The summed E-state index contributed by atoms with van der Waals surface area (Å²) in [5.74, 6) is 3.69. The maximum atomic E-state index is 11.9. The Morgan fingerprint density at radius 1 is 1.06 bits per heavy atom. The van der Waals surface area contributed by atoms with Gasteiger partial charge in [-0.05, 0) is 42.9 Å². The third-order valence-corrected chi connectivity index (χ3v) is 5.35. The van der Waals surface area contributed by atoms with E-state index in [4.69, 9.17) is 0 Å². The van der Waals surface area contributed by atoms with Gasteiger partial charge in [0.2, 0.25) is 5.91 Å². The monoisotopic (exact) mass is 219 g/mol. The molecule has 16 heavy (non-hydrogen) atoms. The molecular formula is C13H17NO2. The summed E-state index contributed by atoms with van der Waals surface area (Å²) < 4.78 is 0. The van der Waals surface area contributed by atoms with E-state index in [1.165, 1.54) is 19.3 Å². The van der Waals surface area contributed by atoms with E-state index in [-0.39, 0.29) is 18.1 Å². The number of likely N-dealkylation sites (tertiary alicyclic amines) is 1. The zero-order chi connectivity index (χ0) is 10.9. The Balaban J connectivity index is 1.53. The zero-order valence-corrected chi connectivity index (χ0v) is 9.39. The molecule has 4 rings (SSSR count). The molecule has 0 aromatic heterocycles. The standard InChI is InChI=1S/C13H17NO2/c15-9-3-4-14(10(16)6-9)13-11-7-1-2-8(5-7)12(11)13/h7-8,11-13H,1-6H2. The highest BCUT2D eigenvalue weighted by Crippen LogP contribution is 2.67. The molecule has 1 amide bonds. The number of rotatable bonds is 1. The Morgan fingerprint density at radius 2 is 1.75 bits per heavy atom. The maximum Gasteiger partial charge on any atom is 0.230 e. The van der Waals surface area contributed by atoms with Crippen molar-refractivity contribution < 1.29 is 9.59 Å². The van der Waals surface area contributed by atoms with Crippen LogP contribution in [0.5, 0.6) is 0 Å². The van der Waals surface area contributed by atoms with Crippen LogP contribution >= 0.6 is 0 Å². The van der Waals surface area contributed by atoms with Crippen LogP contribution in [0.3, 0.4) is 0 Å². The van der Waals surface area contributed by atoms with Gasteiger partial charge in [-0.3, -0.25) is 9.59 Å². The first-order chi connectivity index (χ1) is 7.75. The van der Waals surface area contributed by atoms with Gasteiger partial charge in [0.15, 0.2) is 0 Å². The smallest absolute Gasteiger partial charge is 0.230 e. The zero-order valence-electron chi connectivity index (χ0n) is 9.39. The quantitative estimate of drug-likeness (QED) is 0.622. The number of amides is 1. The lowest BCUT2D eigenvalue weighted by Gasteiger charge is -2.28. The highest BCUT2D eigenvalue weighted by atomic mass is 16.2. The fourth-order valence-corrected chi connectivity index (χ4v) is 4.74. The molecule has 0 spiro atoms. The second kappa shape index (κ2) is 2.88. The van der Waals surface area contributed by atoms with E-state index >= 15 is 0 Å². The second-order valence-corrected chi connectivity index (χ2v) is 6.03. The first-order valence-electron chi connectivity index (χ1n) is 6.57. The number of Topliss-reactive ketones (excluding diaryl/α,β-unsaturated/α-hetero) is 1. The predicted octanol–water partition coefficient (Wildman–Crippen LogP) is 1.22. The van der Waals surface area contributed by atoms with Gasteiger partial charge in [0.1, 0.15) is 5.78 Å². The predicted molar refractivity (Wildman–Crippen MR) is 57.6 cm³/mol. The summed E-state index contributed by atoms with van der Waals surface area (Å²) >= 11 is 0. The number of hydrogen-bond donors (Lipinski definition) is 0. The average molecular weight is 219 g/mol. The molecule has 4 aliphatic rings. The fourth-order valence-electron chi connectivity index (χ4n) is 4.74. The Bertz CT molecular complexity index is 362. The number of hydrogen-bond acceptors (Lipinski definition) is 2. The molecule has 3 saturated carbocycles. The number of piperidine rings is 1. The van der Waals surface area contributed by atoms with Crippen molar-refractivity contribution >= 4 is 11.7 Å². The molecule has 1 saturated heterocycles. The van der Waals surface area contributed by atoms with E-state index in [0.29, 0.717) is 19.0 Å². The van der Waals surface area contributed by atoms with Gasteiger partial charge in [-0.2, -0.15) is 0 Å². The number of fused-ring (bicyclic) bond motifs is 5. The summed E-state index contributed by atoms with van der Waals surface area (Å²) in [7, 11) is 0. The van der Waals surface area contributed by atoms with Gasteiger partial charge in [0.05, 0.1) is 6.42 Å². The Hall–Kier alpha value is -0.860. The van der Waals surface area contributed by atoms with Crippen molar-refractivity contribution in [2.75, 3.05) is 6.54 Å². The molecule has 4 fully saturated rings. The second-order valence-electron chi connectivity index (χ2n) is 6.03. The molecule has 1 heterocycles. The molecule has 3 heteroatoms. The summed E-state index contributed by atoms with van der Waals surface area (Å²) in [6, 6.07) is 0.534. The molecule has 0 aromatic carbocycles. The van der Waals surface area contributed by atoms with Crippen molar-refractivity contribution in [2.24, 2.45) is 23.7 Å². The highest BCUT2D eigenvalue weighted by Gasteiger charge is 2.67. The summed E-state index contributed by atoms with van der Waals surface area (Å²) in [6.07, 6.45) is 4.97. The van der Waals surface area contributed by atoms with Crippen molar-refractivity contribution in [3.8, 4) is 0 Å². The minimum atomic E-state index is 0.107. The molecule has 0 radical (unpaired) electrons. The van der Waals surface area contributed by atoms with Crippen LogP contribution in [0.25, 0.3) is 0 Å². The largest absolute Gasteiger partial charge is 0.338 e. The SMILES string of the molecule is O=C1CCN(C2C3C4CCC(C4)C32)C(=O)C1. The van der Waals surface area contributed by atoms with E-state index in [1.54, 1.807) is 0 Å². The summed E-state index contributed by atoms with van der Waals surface area (Å²) in [5.41, 5.74) is 0. The molecule has 0 N–H and O–H groups in total. The Morgan fingerprint density at radius 3 is 2.38 bits per heavy atom. The molecule has 3 aliphatic carbocycles. The van der Waals surface area contributed by atoms with Gasteiger partial charge >= 0.3 is 0 Å². The van der Waals surface area contributed by atoms with Crippen molar-refractivity contribution in [2.45, 2.75) is 38.1 Å². The van der Waals surface area contributed by atoms with E-state index in [2.05, 4.69) is 0 Å². The van der Waals surface area contributed by atoms with Crippen LogP contribution < -0.4 is 0 Å².